The van der Waals surface area contributed by atoms with Gasteiger partial charge in [-0.15, -0.1) is 0 Å². The molecule has 1 aromatic rings. The van der Waals surface area contributed by atoms with Crippen molar-refractivity contribution in [2.24, 2.45) is 7.05 Å². The van der Waals surface area contributed by atoms with Crippen molar-refractivity contribution in [1.29, 1.82) is 0 Å². The molecule has 0 bridgehead atoms. The van der Waals surface area contributed by atoms with Gasteiger partial charge in [-0.25, -0.2) is 9.37 Å². The van der Waals surface area contributed by atoms with Crippen LogP contribution in [0.25, 0.3) is 0 Å². The Morgan fingerprint density at radius 1 is 1.67 bits per heavy atom. The van der Waals surface area contributed by atoms with Gasteiger partial charge in [-0.05, 0) is 6.42 Å². The van der Waals surface area contributed by atoms with E-state index in [4.69, 9.17) is 5.11 Å². The van der Waals surface area contributed by atoms with Crippen molar-refractivity contribution < 1.29 is 9.50 Å². The third-order valence-electron chi connectivity index (χ3n) is 2.97. The van der Waals surface area contributed by atoms with Gasteiger partial charge in [-0.2, -0.15) is 0 Å². The van der Waals surface area contributed by atoms with E-state index in [1.807, 2.05) is 16.5 Å². The van der Waals surface area contributed by atoms with Crippen LogP contribution in [0.2, 0.25) is 0 Å². The quantitative estimate of drug-likeness (QED) is 0.786. The molecule has 0 unspecified atom stereocenters. The molecule has 0 aliphatic carbocycles. The smallest absolute Gasteiger partial charge is 0.114 e. The van der Waals surface area contributed by atoms with Crippen LogP contribution in [0.15, 0.2) is 12.5 Å². The summed E-state index contributed by atoms with van der Waals surface area (Å²) in [6, 6.07) is -0.0464. The molecule has 4 nitrogen and oxygen atoms in total. The number of aliphatic hydroxyl groups is 1. The normalized spacial score (nSPS) is 27.4. The van der Waals surface area contributed by atoms with E-state index >= 15 is 0 Å². The van der Waals surface area contributed by atoms with Crippen LogP contribution in [-0.4, -0.2) is 44.9 Å². The first-order valence-electron chi connectivity index (χ1n) is 5.15. The highest BCUT2D eigenvalue weighted by Gasteiger charge is 2.31. The third-order valence-corrected chi connectivity index (χ3v) is 2.97. The Labute approximate surface area is 88.3 Å². The molecule has 0 aromatic carbocycles. The van der Waals surface area contributed by atoms with Gasteiger partial charge in [-0.1, -0.05) is 0 Å². The number of likely N-dealkylation sites (tertiary alicyclic amines) is 1. The van der Waals surface area contributed by atoms with Gasteiger partial charge in [0.15, 0.2) is 0 Å². The maximum absolute atomic E-state index is 13.2. The standard InChI is InChI=1S/C10H16FN3O/c1-13-7-12-3-10(13)5-14-4-8(11)2-9(14)6-15/h3,7-9,15H,2,4-6H2,1H3/t8-,9-/m0/s1. The van der Waals surface area contributed by atoms with Crippen molar-refractivity contribution in [3.63, 3.8) is 0 Å². The predicted molar refractivity (Wildman–Crippen MR) is 54.0 cm³/mol. The molecule has 0 saturated carbocycles. The Kier molecular flexibility index (Phi) is 3.02. The minimum absolute atomic E-state index is 0.0261. The van der Waals surface area contributed by atoms with E-state index in [1.54, 1.807) is 12.5 Å². The highest BCUT2D eigenvalue weighted by molar-refractivity contribution is 4.99. The fourth-order valence-electron chi connectivity index (χ4n) is 2.05. The zero-order chi connectivity index (χ0) is 10.8. The van der Waals surface area contributed by atoms with Crippen LogP contribution in [0.3, 0.4) is 0 Å². The minimum atomic E-state index is -0.810. The molecule has 0 amide bonds. The Morgan fingerprint density at radius 3 is 3.07 bits per heavy atom. The first-order valence-corrected chi connectivity index (χ1v) is 5.15. The van der Waals surface area contributed by atoms with Crippen molar-refractivity contribution >= 4 is 0 Å². The van der Waals surface area contributed by atoms with Gasteiger partial charge in [0.25, 0.3) is 0 Å². The average molecular weight is 213 g/mol. The molecular formula is C10H16FN3O. The van der Waals surface area contributed by atoms with Gasteiger partial charge in [0.2, 0.25) is 0 Å². The summed E-state index contributed by atoms with van der Waals surface area (Å²) in [6.07, 6.45) is 3.14. The second-order valence-electron chi connectivity index (χ2n) is 4.09. The number of aromatic nitrogens is 2. The Morgan fingerprint density at radius 2 is 2.47 bits per heavy atom. The first kappa shape index (κ1) is 10.6. The predicted octanol–water partition coefficient (Wildman–Crippen LogP) is 0.325. The summed E-state index contributed by atoms with van der Waals surface area (Å²) in [5.41, 5.74) is 1.04. The summed E-state index contributed by atoms with van der Waals surface area (Å²) in [6.45, 7) is 1.09. The molecule has 15 heavy (non-hydrogen) atoms. The lowest BCUT2D eigenvalue weighted by Gasteiger charge is -2.21. The fourth-order valence-corrected chi connectivity index (χ4v) is 2.05. The minimum Gasteiger partial charge on any atom is -0.395 e. The number of nitrogens with zero attached hydrogens (tertiary/aromatic N) is 3. The van der Waals surface area contributed by atoms with Crippen LogP contribution in [0.4, 0.5) is 4.39 Å². The maximum atomic E-state index is 13.2. The number of aryl methyl sites for hydroxylation is 1. The number of aliphatic hydroxyl groups excluding tert-OH is 1. The molecule has 2 rings (SSSR count). The van der Waals surface area contributed by atoms with Crippen LogP contribution >= 0.6 is 0 Å². The van der Waals surface area contributed by atoms with Crippen molar-refractivity contribution in [3.05, 3.63) is 18.2 Å². The number of hydrogen-bond acceptors (Lipinski definition) is 3. The number of alkyl halides is 1. The van der Waals surface area contributed by atoms with E-state index in [1.165, 1.54) is 0 Å². The molecule has 2 atom stereocenters. The summed E-state index contributed by atoms with van der Waals surface area (Å²) in [4.78, 5) is 5.99. The van der Waals surface area contributed by atoms with E-state index in [2.05, 4.69) is 4.98 Å². The molecule has 84 valence electrons. The van der Waals surface area contributed by atoms with Gasteiger partial charge in [0, 0.05) is 32.4 Å². The van der Waals surface area contributed by atoms with E-state index in [-0.39, 0.29) is 12.6 Å². The first-order chi connectivity index (χ1) is 7.20. The van der Waals surface area contributed by atoms with Crippen LogP contribution in [0.1, 0.15) is 12.1 Å². The molecule has 1 saturated heterocycles. The van der Waals surface area contributed by atoms with Gasteiger partial charge < -0.3 is 9.67 Å². The molecule has 1 aromatic heterocycles. The molecule has 1 fully saturated rings. The number of halogens is 1. The zero-order valence-electron chi connectivity index (χ0n) is 8.80. The lowest BCUT2D eigenvalue weighted by Crippen LogP contribution is -2.32. The summed E-state index contributed by atoms with van der Waals surface area (Å²) in [7, 11) is 1.92. The number of hydrogen-bond donors (Lipinski definition) is 1. The molecule has 1 aliphatic rings. The third kappa shape index (κ3) is 2.18. The topological polar surface area (TPSA) is 41.3 Å². The van der Waals surface area contributed by atoms with Gasteiger partial charge >= 0.3 is 0 Å². The van der Waals surface area contributed by atoms with Crippen LogP contribution in [0, 0.1) is 0 Å². The fraction of sp³-hybridized carbons (Fsp3) is 0.700. The lowest BCUT2D eigenvalue weighted by molar-refractivity contribution is 0.151. The van der Waals surface area contributed by atoms with E-state index in [9.17, 15) is 4.39 Å². The number of imidazole rings is 1. The summed E-state index contributed by atoms with van der Waals surface area (Å²) < 4.78 is 15.1. The zero-order valence-corrected chi connectivity index (χ0v) is 8.80. The average Bonchev–Trinajstić information content (AvgIpc) is 2.75. The molecule has 0 radical (unpaired) electrons. The molecule has 5 heteroatoms. The van der Waals surface area contributed by atoms with Crippen LogP contribution < -0.4 is 0 Å². The maximum Gasteiger partial charge on any atom is 0.114 e. The van der Waals surface area contributed by atoms with Crippen LogP contribution in [0.5, 0.6) is 0 Å². The highest BCUT2D eigenvalue weighted by atomic mass is 19.1. The Bertz CT molecular complexity index is 328. The van der Waals surface area contributed by atoms with Crippen molar-refractivity contribution in [2.45, 2.75) is 25.2 Å². The van der Waals surface area contributed by atoms with Crippen molar-refractivity contribution in [1.82, 2.24) is 14.5 Å². The molecule has 1 N–H and O–H groups in total. The van der Waals surface area contributed by atoms with Crippen molar-refractivity contribution in [2.75, 3.05) is 13.2 Å². The monoisotopic (exact) mass is 213 g/mol. The molecular weight excluding hydrogens is 197 g/mol. The lowest BCUT2D eigenvalue weighted by atomic mass is 10.2. The summed E-state index contributed by atoms with van der Waals surface area (Å²) >= 11 is 0. The van der Waals surface area contributed by atoms with Crippen molar-refractivity contribution in [3.8, 4) is 0 Å². The van der Waals surface area contributed by atoms with E-state index < -0.39 is 6.17 Å². The number of rotatable bonds is 3. The molecule has 1 aliphatic heterocycles. The van der Waals surface area contributed by atoms with Crippen LogP contribution in [-0.2, 0) is 13.6 Å². The van der Waals surface area contributed by atoms with E-state index in [0.29, 0.717) is 19.5 Å². The van der Waals surface area contributed by atoms with E-state index in [0.717, 1.165) is 5.69 Å². The molecule has 0 spiro atoms. The molecule has 2 heterocycles. The second-order valence-corrected chi connectivity index (χ2v) is 4.09. The largest absolute Gasteiger partial charge is 0.395 e. The SMILES string of the molecule is Cn1cncc1CN1C[C@@H](F)C[C@H]1CO. The summed E-state index contributed by atoms with van der Waals surface area (Å²) in [5, 5.41) is 9.12. The highest BCUT2D eigenvalue weighted by Crippen LogP contribution is 2.21. The second kappa shape index (κ2) is 4.28. The Balaban J connectivity index is 2.02. The van der Waals surface area contributed by atoms with Gasteiger partial charge in [0.1, 0.15) is 6.17 Å². The Hall–Kier alpha value is -0.940. The van der Waals surface area contributed by atoms with Gasteiger partial charge in [0.05, 0.1) is 18.6 Å². The summed E-state index contributed by atoms with van der Waals surface area (Å²) in [5.74, 6) is 0. The van der Waals surface area contributed by atoms with Gasteiger partial charge in [-0.3, -0.25) is 4.90 Å².